The number of hydrogen-bond donors (Lipinski definition) is 2. The Kier molecular flexibility index (Phi) is 7.56. The second kappa shape index (κ2) is 9.18. The Morgan fingerprint density at radius 1 is 1.10 bits per heavy atom. The molecule has 0 saturated carbocycles. The van der Waals surface area contributed by atoms with Crippen LogP contribution < -0.4 is 10.0 Å². The van der Waals surface area contributed by atoms with E-state index in [1.807, 2.05) is 13.8 Å². The second-order valence-corrected chi connectivity index (χ2v) is 9.15. The van der Waals surface area contributed by atoms with Crippen LogP contribution in [0.25, 0.3) is 0 Å². The van der Waals surface area contributed by atoms with Crippen molar-refractivity contribution in [1.29, 1.82) is 0 Å². The molecule has 4 rings (SSSR count). The van der Waals surface area contributed by atoms with E-state index in [1.165, 1.54) is 17.2 Å². The molecule has 2 aromatic rings. The van der Waals surface area contributed by atoms with Gasteiger partial charge < -0.3 is 10.8 Å². The van der Waals surface area contributed by atoms with Gasteiger partial charge in [0.2, 0.25) is 0 Å². The van der Waals surface area contributed by atoms with E-state index in [1.54, 1.807) is 10.9 Å². The van der Waals surface area contributed by atoms with Crippen molar-refractivity contribution in [3.05, 3.63) is 40.6 Å². The number of rotatable bonds is 4. The van der Waals surface area contributed by atoms with Crippen LogP contribution in [0.1, 0.15) is 55.0 Å². The molecule has 0 saturated heterocycles. The summed E-state index contributed by atoms with van der Waals surface area (Å²) < 4.78 is 28.6. The van der Waals surface area contributed by atoms with E-state index in [0.717, 1.165) is 55.3 Å². The fourth-order valence-corrected chi connectivity index (χ4v) is 4.87. The molecule has 10 heteroatoms. The van der Waals surface area contributed by atoms with Gasteiger partial charge in [0, 0.05) is 47.5 Å². The van der Waals surface area contributed by atoms with E-state index >= 15 is 0 Å². The Hall–Kier alpha value is -1.39. The minimum absolute atomic E-state index is 0. The summed E-state index contributed by atoms with van der Waals surface area (Å²) >= 11 is 0. The number of urea groups is 1. The van der Waals surface area contributed by atoms with Crippen LogP contribution in [-0.2, 0) is 35.7 Å². The van der Waals surface area contributed by atoms with Crippen LogP contribution in [0.2, 0.25) is 0 Å². The largest absolute Gasteiger partial charge is 0.412 e. The molecule has 1 heterocycles. The van der Waals surface area contributed by atoms with Crippen molar-refractivity contribution in [3.63, 3.8) is 0 Å². The van der Waals surface area contributed by atoms with Crippen LogP contribution >= 0.6 is 0 Å². The fourth-order valence-electron chi connectivity index (χ4n) is 4.03. The molecule has 2 amide bonds. The standard InChI is InChI=1S/C19H24N4O3S.Na.H2O/c1-12(2)23-10-9-17(21-23)27(25,26)22-19(24)20-18-15-7-3-5-13(15)11-14-6-4-8-16(14)18;;/h9-12H,3-8H2,1-2H3,(H2,20,22,24);;1H2. The monoisotopic (exact) mass is 429 g/mol. The van der Waals surface area contributed by atoms with Gasteiger partial charge in [0.1, 0.15) is 0 Å². The maximum Gasteiger partial charge on any atom is 0.333 e. The molecule has 8 nitrogen and oxygen atoms in total. The predicted molar refractivity (Wildman–Crippen MR) is 112 cm³/mol. The van der Waals surface area contributed by atoms with Crippen molar-refractivity contribution in [2.75, 3.05) is 5.32 Å². The Bertz CT molecular complexity index is 985. The van der Waals surface area contributed by atoms with Crippen molar-refractivity contribution in [1.82, 2.24) is 14.5 Å². The van der Waals surface area contributed by atoms with Crippen LogP contribution in [0.5, 0.6) is 0 Å². The van der Waals surface area contributed by atoms with Gasteiger partial charge in [0.05, 0.1) is 0 Å². The maximum absolute atomic E-state index is 12.5. The molecule has 0 spiro atoms. The third-order valence-corrected chi connectivity index (χ3v) is 6.55. The zero-order valence-corrected chi connectivity index (χ0v) is 19.9. The van der Waals surface area contributed by atoms with Crippen molar-refractivity contribution >= 4 is 51.3 Å². The molecule has 0 bridgehead atoms. The zero-order chi connectivity index (χ0) is 19.2. The zero-order valence-electron chi connectivity index (χ0n) is 17.1. The molecule has 29 heavy (non-hydrogen) atoms. The summed E-state index contributed by atoms with van der Waals surface area (Å²) in [5.41, 5.74) is 5.70. The van der Waals surface area contributed by atoms with Crippen molar-refractivity contribution in [3.8, 4) is 0 Å². The minimum Gasteiger partial charge on any atom is -0.412 e. The van der Waals surface area contributed by atoms with Crippen LogP contribution in [0, 0.1) is 0 Å². The number of sulfonamides is 1. The van der Waals surface area contributed by atoms with E-state index in [2.05, 4.69) is 21.2 Å². The first-order valence-electron chi connectivity index (χ1n) is 9.40. The van der Waals surface area contributed by atoms with Crippen molar-refractivity contribution in [2.45, 2.75) is 63.4 Å². The number of aromatic nitrogens is 2. The minimum atomic E-state index is -4.01. The summed E-state index contributed by atoms with van der Waals surface area (Å²) in [6.45, 7) is 3.81. The van der Waals surface area contributed by atoms with Crippen LogP contribution in [0.3, 0.4) is 0 Å². The molecule has 0 unspecified atom stereocenters. The SMILES string of the molecule is CC(C)n1ccc(S(=O)(=O)NC(=O)Nc2c3c(cc4c2CCC4)CCC3)n1.O.[Na]. The maximum atomic E-state index is 12.5. The number of carbonyl (C=O) groups excluding carboxylic acids is 1. The molecule has 2 aliphatic carbocycles. The van der Waals surface area contributed by atoms with Gasteiger partial charge in [-0.3, -0.25) is 4.68 Å². The topological polar surface area (TPSA) is 125 Å². The Morgan fingerprint density at radius 3 is 2.21 bits per heavy atom. The van der Waals surface area contributed by atoms with Crippen LogP contribution in [0.4, 0.5) is 10.5 Å². The van der Waals surface area contributed by atoms with Gasteiger partial charge in [0.15, 0.2) is 5.03 Å². The van der Waals surface area contributed by atoms with E-state index in [0.29, 0.717) is 0 Å². The normalized spacial score (nSPS) is 14.6. The number of nitrogens with one attached hydrogen (secondary N) is 2. The Labute approximate surface area is 193 Å². The van der Waals surface area contributed by atoms with E-state index in [9.17, 15) is 13.2 Å². The van der Waals surface area contributed by atoms with Gasteiger partial charge >= 0.3 is 6.03 Å². The summed E-state index contributed by atoms with van der Waals surface area (Å²) in [5, 5.41) is 6.72. The number of nitrogens with zero attached hydrogens (tertiary/aromatic N) is 2. The van der Waals surface area contributed by atoms with Gasteiger partial charge in [-0.2, -0.15) is 13.5 Å². The number of carbonyl (C=O) groups is 1. The molecular weight excluding hydrogens is 403 g/mol. The number of aryl methyl sites for hydroxylation is 2. The van der Waals surface area contributed by atoms with E-state index in [4.69, 9.17) is 0 Å². The molecule has 1 aromatic carbocycles. The number of benzene rings is 1. The first-order chi connectivity index (χ1) is 12.8. The summed E-state index contributed by atoms with van der Waals surface area (Å²) in [7, 11) is -4.01. The first-order valence-corrected chi connectivity index (χ1v) is 10.9. The van der Waals surface area contributed by atoms with Gasteiger partial charge in [0.25, 0.3) is 10.0 Å². The molecular formula is C19H26N4NaO4S. The van der Waals surface area contributed by atoms with Crippen molar-refractivity contribution in [2.24, 2.45) is 0 Å². The smallest absolute Gasteiger partial charge is 0.333 e. The average Bonchev–Trinajstić information content (AvgIpc) is 3.34. The van der Waals surface area contributed by atoms with Gasteiger partial charge in [-0.25, -0.2) is 9.52 Å². The Balaban J connectivity index is 0.00000150. The third-order valence-electron chi connectivity index (χ3n) is 5.33. The Morgan fingerprint density at radius 2 is 1.69 bits per heavy atom. The number of fused-ring (bicyclic) bond motifs is 2. The van der Waals surface area contributed by atoms with E-state index in [-0.39, 0.29) is 46.1 Å². The van der Waals surface area contributed by atoms with Gasteiger partial charge in [-0.1, -0.05) is 6.07 Å². The molecule has 0 fully saturated rings. The number of hydrogen-bond acceptors (Lipinski definition) is 4. The van der Waals surface area contributed by atoms with Crippen LogP contribution in [0.15, 0.2) is 23.4 Å². The summed E-state index contributed by atoms with van der Waals surface area (Å²) in [6.07, 6.45) is 7.61. The molecule has 1 radical (unpaired) electrons. The predicted octanol–water partition coefficient (Wildman–Crippen LogP) is 1.75. The molecule has 2 aliphatic rings. The molecule has 0 aliphatic heterocycles. The fraction of sp³-hybridized carbons (Fsp3) is 0.474. The van der Waals surface area contributed by atoms with Crippen molar-refractivity contribution < 1.29 is 18.7 Å². The van der Waals surface area contributed by atoms with Gasteiger partial charge in [-0.05, 0) is 80.7 Å². The van der Waals surface area contributed by atoms with E-state index < -0.39 is 16.1 Å². The molecule has 1 aromatic heterocycles. The first kappa shape index (κ1) is 23.9. The molecule has 4 N–H and O–H groups in total. The van der Waals surface area contributed by atoms with Crippen LogP contribution in [-0.4, -0.2) is 59.3 Å². The summed E-state index contributed by atoms with van der Waals surface area (Å²) in [4.78, 5) is 12.5. The summed E-state index contributed by atoms with van der Waals surface area (Å²) in [6, 6.07) is 2.97. The number of anilines is 1. The quantitative estimate of drug-likeness (QED) is 0.718. The third kappa shape index (κ3) is 4.69. The molecule has 0 atom stereocenters. The summed E-state index contributed by atoms with van der Waals surface area (Å²) in [5.74, 6) is 0. The molecule has 153 valence electrons. The second-order valence-electron chi connectivity index (χ2n) is 7.52. The number of amides is 2. The average molecular weight is 429 g/mol. The van der Waals surface area contributed by atoms with Gasteiger partial charge in [-0.15, -0.1) is 0 Å².